The van der Waals surface area contributed by atoms with Crippen LogP contribution < -0.4 is 0 Å². The van der Waals surface area contributed by atoms with E-state index in [9.17, 15) is 0 Å². The van der Waals surface area contributed by atoms with Crippen LogP contribution in [0.2, 0.25) is 0 Å². The highest BCUT2D eigenvalue weighted by Gasteiger charge is 2.09. The minimum absolute atomic E-state index is 0.684. The number of nitrogens with zero attached hydrogens (tertiary/aromatic N) is 5. The summed E-state index contributed by atoms with van der Waals surface area (Å²) < 4.78 is 4.88. The van der Waals surface area contributed by atoms with Crippen LogP contribution >= 0.6 is 22.6 Å². The second kappa shape index (κ2) is 3.92. The van der Waals surface area contributed by atoms with Crippen molar-refractivity contribution >= 4 is 22.6 Å². The predicted molar refractivity (Wildman–Crippen MR) is 64.5 cm³/mol. The van der Waals surface area contributed by atoms with E-state index in [0.717, 1.165) is 11.4 Å². The Kier molecular flexibility index (Phi) is 2.76. The smallest absolute Gasteiger partial charge is 0.104 e. The van der Waals surface area contributed by atoms with Gasteiger partial charge in [0.25, 0.3) is 0 Å². The molecule has 0 aliphatic carbocycles. The second-order valence-electron chi connectivity index (χ2n) is 3.53. The Bertz CT molecular complexity index is 485. The molecule has 15 heavy (non-hydrogen) atoms. The molecular formula is C9H12IN5. The summed E-state index contributed by atoms with van der Waals surface area (Å²) in [6, 6.07) is 0. The van der Waals surface area contributed by atoms with Crippen LogP contribution in [0.3, 0.4) is 0 Å². The van der Waals surface area contributed by atoms with E-state index in [1.165, 1.54) is 9.26 Å². The minimum atomic E-state index is 0.684. The topological polar surface area (TPSA) is 48.5 Å². The van der Waals surface area contributed by atoms with Gasteiger partial charge in [0.15, 0.2) is 0 Å². The molecule has 2 aromatic heterocycles. The molecule has 0 N–H and O–H groups in total. The van der Waals surface area contributed by atoms with Crippen molar-refractivity contribution in [3.05, 3.63) is 26.8 Å². The zero-order valence-electron chi connectivity index (χ0n) is 8.90. The van der Waals surface area contributed by atoms with Crippen molar-refractivity contribution < 1.29 is 0 Å². The van der Waals surface area contributed by atoms with Crippen LogP contribution in [-0.4, -0.2) is 24.8 Å². The molecule has 2 rings (SSSR count). The van der Waals surface area contributed by atoms with E-state index in [1.54, 1.807) is 4.68 Å². The lowest BCUT2D eigenvalue weighted by molar-refractivity contribution is 0.643. The van der Waals surface area contributed by atoms with E-state index < -0.39 is 0 Å². The van der Waals surface area contributed by atoms with Crippen LogP contribution in [-0.2, 0) is 13.6 Å². The first kappa shape index (κ1) is 10.6. The fraction of sp³-hybridized carbons (Fsp3) is 0.444. The summed E-state index contributed by atoms with van der Waals surface area (Å²) in [6.07, 6.45) is 1.91. The molecule has 0 unspecified atom stereocenters. The van der Waals surface area contributed by atoms with E-state index in [1.807, 2.05) is 24.9 Å². The van der Waals surface area contributed by atoms with Crippen LogP contribution in [0.5, 0.6) is 0 Å². The Morgan fingerprint density at radius 2 is 2.13 bits per heavy atom. The lowest BCUT2D eigenvalue weighted by Gasteiger charge is -2.00. The first-order valence-electron chi connectivity index (χ1n) is 4.62. The SMILES string of the molecule is Cc1nn(Cc2cn(C)nn2)c(C)c1I. The van der Waals surface area contributed by atoms with Gasteiger partial charge in [0.1, 0.15) is 5.69 Å². The molecule has 0 saturated heterocycles. The number of halogens is 1. The van der Waals surface area contributed by atoms with Gasteiger partial charge in [0.05, 0.1) is 15.8 Å². The first-order chi connectivity index (χ1) is 7.08. The standard InChI is InChI=1S/C9H12IN5/c1-6-9(10)7(2)15(12-6)5-8-4-14(3)13-11-8/h4H,5H2,1-3H3. The zero-order valence-corrected chi connectivity index (χ0v) is 11.1. The van der Waals surface area contributed by atoms with Gasteiger partial charge in [-0.15, -0.1) is 5.10 Å². The summed E-state index contributed by atoms with van der Waals surface area (Å²) in [4.78, 5) is 0. The lowest BCUT2D eigenvalue weighted by Crippen LogP contribution is -2.04. The van der Waals surface area contributed by atoms with Gasteiger partial charge in [-0.05, 0) is 36.4 Å². The zero-order chi connectivity index (χ0) is 11.0. The quantitative estimate of drug-likeness (QED) is 0.784. The molecule has 0 atom stereocenters. The third-order valence-corrected chi connectivity index (χ3v) is 3.82. The third kappa shape index (κ3) is 2.04. The molecule has 0 spiro atoms. The van der Waals surface area contributed by atoms with Gasteiger partial charge < -0.3 is 0 Å². The molecule has 80 valence electrons. The molecule has 0 amide bonds. The Morgan fingerprint density at radius 3 is 2.60 bits per heavy atom. The monoisotopic (exact) mass is 317 g/mol. The van der Waals surface area contributed by atoms with Crippen LogP contribution in [0.25, 0.3) is 0 Å². The third-order valence-electron chi connectivity index (χ3n) is 2.26. The molecular weight excluding hydrogens is 305 g/mol. The Hall–Kier alpha value is -0.920. The van der Waals surface area contributed by atoms with Crippen molar-refractivity contribution in [1.82, 2.24) is 24.8 Å². The van der Waals surface area contributed by atoms with Crippen LogP contribution in [0, 0.1) is 17.4 Å². The average Bonchev–Trinajstić information content (AvgIpc) is 2.68. The molecule has 0 aliphatic heterocycles. The van der Waals surface area contributed by atoms with E-state index in [4.69, 9.17) is 0 Å². The normalized spacial score (nSPS) is 10.9. The van der Waals surface area contributed by atoms with E-state index in [0.29, 0.717) is 6.54 Å². The Balaban J connectivity index is 2.28. The highest BCUT2D eigenvalue weighted by atomic mass is 127. The van der Waals surface area contributed by atoms with Crippen molar-refractivity contribution in [3.8, 4) is 0 Å². The fourth-order valence-corrected chi connectivity index (χ4v) is 1.84. The largest absolute Gasteiger partial charge is 0.262 e. The van der Waals surface area contributed by atoms with Gasteiger partial charge in [-0.1, -0.05) is 5.21 Å². The molecule has 0 aromatic carbocycles. The van der Waals surface area contributed by atoms with Crippen molar-refractivity contribution in [2.75, 3.05) is 0 Å². The van der Waals surface area contributed by atoms with E-state index in [-0.39, 0.29) is 0 Å². The number of aromatic nitrogens is 5. The van der Waals surface area contributed by atoms with E-state index >= 15 is 0 Å². The first-order valence-corrected chi connectivity index (χ1v) is 5.70. The van der Waals surface area contributed by atoms with Crippen LogP contribution in [0.15, 0.2) is 6.20 Å². The summed E-state index contributed by atoms with van der Waals surface area (Å²) in [5.74, 6) is 0. The fourth-order valence-electron chi connectivity index (χ4n) is 1.45. The van der Waals surface area contributed by atoms with Crippen molar-refractivity contribution in [2.24, 2.45) is 7.05 Å². The van der Waals surface area contributed by atoms with Crippen molar-refractivity contribution in [1.29, 1.82) is 0 Å². The number of hydrogen-bond acceptors (Lipinski definition) is 3. The summed E-state index contributed by atoms with van der Waals surface area (Å²) >= 11 is 2.31. The van der Waals surface area contributed by atoms with Crippen molar-refractivity contribution in [2.45, 2.75) is 20.4 Å². The molecule has 0 radical (unpaired) electrons. The molecule has 5 nitrogen and oxygen atoms in total. The maximum atomic E-state index is 4.45. The predicted octanol–water partition coefficient (Wildman–Crippen LogP) is 1.28. The number of rotatable bonds is 2. The maximum Gasteiger partial charge on any atom is 0.104 e. The number of hydrogen-bond donors (Lipinski definition) is 0. The minimum Gasteiger partial charge on any atom is -0.262 e. The summed E-state index contributed by atoms with van der Waals surface area (Å²) in [7, 11) is 1.86. The Morgan fingerprint density at radius 1 is 1.40 bits per heavy atom. The van der Waals surface area contributed by atoms with Crippen LogP contribution in [0.1, 0.15) is 17.1 Å². The van der Waals surface area contributed by atoms with Gasteiger partial charge in [-0.25, -0.2) is 0 Å². The van der Waals surface area contributed by atoms with Gasteiger partial charge in [0.2, 0.25) is 0 Å². The highest BCUT2D eigenvalue weighted by molar-refractivity contribution is 14.1. The van der Waals surface area contributed by atoms with E-state index in [2.05, 4.69) is 44.9 Å². The van der Waals surface area contributed by atoms with Crippen molar-refractivity contribution in [3.63, 3.8) is 0 Å². The maximum absolute atomic E-state index is 4.45. The van der Waals surface area contributed by atoms with Gasteiger partial charge in [0, 0.05) is 18.9 Å². The average molecular weight is 317 g/mol. The molecule has 6 heteroatoms. The molecule has 2 aromatic rings. The lowest BCUT2D eigenvalue weighted by atomic mass is 10.4. The van der Waals surface area contributed by atoms with Gasteiger partial charge in [-0.3, -0.25) is 9.36 Å². The summed E-state index contributed by atoms with van der Waals surface area (Å²) in [5.41, 5.74) is 3.18. The van der Waals surface area contributed by atoms with Gasteiger partial charge in [-0.2, -0.15) is 5.10 Å². The van der Waals surface area contributed by atoms with Crippen LogP contribution in [0.4, 0.5) is 0 Å². The second-order valence-corrected chi connectivity index (χ2v) is 4.60. The molecule has 0 aliphatic rings. The van der Waals surface area contributed by atoms with Gasteiger partial charge >= 0.3 is 0 Å². The molecule has 0 saturated carbocycles. The molecule has 0 bridgehead atoms. The summed E-state index contributed by atoms with van der Waals surface area (Å²) in [5, 5.41) is 12.4. The Labute approximate surface area is 102 Å². The molecule has 0 fully saturated rings. The summed E-state index contributed by atoms with van der Waals surface area (Å²) in [6.45, 7) is 4.77. The number of aryl methyl sites for hydroxylation is 2. The molecule has 2 heterocycles. The highest BCUT2D eigenvalue weighted by Crippen LogP contribution is 2.15.